The minimum atomic E-state index is -0.210. The van der Waals surface area contributed by atoms with E-state index in [1.807, 2.05) is 20.8 Å². The summed E-state index contributed by atoms with van der Waals surface area (Å²) in [6, 6.07) is 0. The highest BCUT2D eigenvalue weighted by Crippen LogP contribution is 2.12. The molecule has 0 amide bonds. The summed E-state index contributed by atoms with van der Waals surface area (Å²) in [6.45, 7) is 5.83. The van der Waals surface area contributed by atoms with Crippen LogP contribution in [0.3, 0.4) is 0 Å². The number of hydrogen-bond donors (Lipinski definition) is 0. The van der Waals surface area contributed by atoms with Crippen LogP contribution in [-0.2, 0) is 16.0 Å². The van der Waals surface area contributed by atoms with Crippen LogP contribution in [0.15, 0.2) is 4.52 Å². The molecule has 0 fully saturated rings. The molecule has 1 rings (SSSR count). The molecule has 1 heterocycles. The van der Waals surface area contributed by atoms with Gasteiger partial charge < -0.3 is 9.26 Å². The van der Waals surface area contributed by atoms with Crippen LogP contribution < -0.4 is 0 Å². The van der Waals surface area contributed by atoms with Gasteiger partial charge in [0, 0.05) is 13.5 Å². The first-order valence-corrected chi connectivity index (χ1v) is 5.40. The monoisotopic (exact) mass is 226 g/mol. The number of carbonyl (C=O) groups excluding carboxylic acids is 1. The summed E-state index contributed by atoms with van der Waals surface area (Å²) in [5.74, 6) is 1.32. The maximum atomic E-state index is 11.5. The van der Waals surface area contributed by atoms with Crippen molar-refractivity contribution >= 4 is 5.78 Å². The molecule has 1 aromatic heterocycles. The number of rotatable bonds is 6. The van der Waals surface area contributed by atoms with Gasteiger partial charge in [-0.3, -0.25) is 4.79 Å². The molecule has 90 valence electrons. The van der Waals surface area contributed by atoms with Crippen molar-refractivity contribution < 1.29 is 14.1 Å². The van der Waals surface area contributed by atoms with Gasteiger partial charge in [0.2, 0.25) is 5.89 Å². The number of methoxy groups -OCH3 is 1. The van der Waals surface area contributed by atoms with Crippen molar-refractivity contribution in [2.24, 2.45) is 5.92 Å². The van der Waals surface area contributed by atoms with Crippen LogP contribution in [0.2, 0.25) is 0 Å². The Bertz CT molecular complexity index is 347. The number of aromatic nitrogens is 2. The number of ketones is 1. The molecule has 0 bridgehead atoms. The number of carbonyl (C=O) groups is 1. The average molecular weight is 226 g/mol. The Morgan fingerprint density at radius 1 is 1.44 bits per heavy atom. The topological polar surface area (TPSA) is 65.2 Å². The summed E-state index contributed by atoms with van der Waals surface area (Å²) >= 11 is 0. The molecular weight excluding hydrogens is 208 g/mol. The van der Waals surface area contributed by atoms with Crippen LogP contribution in [0.25, 0.3) is 0 Å². The molecule has 0 saturated carbocycles. The van der Waals surface area contributed by atoms with Crippen molar-refractivity contribution in [1.82, 2.24) is 10.1 Å². The Morgan fingerprint density at radius 3 is 2.69 bits per heavy atom. The van der Waals surface area contributed by atoms with Gasteiger partial charge in [0.25, 0.3) is 0 Å². The van der Waals surface area contributed by atoms with Crippen molar-refractivity contribution in [3.63, 3.8) is 0 Å². The lowest BCUT2D eigenvalue weighted by Gasteiger charge is -2.01. The van der Waals surface area contributed by atoms with Crippen LogP contribution in [-0.4, -0.2) is 23.0 Å². The highest BCUT2D eigenvalue weighted by Gasteiger charge is 2.15. The van der Waals surface area contributed by atoms with Crippen LogP contribution in [0.1, 0.15) is 45.0 Å². The first-order valence-electron chi connectivity index (χ1n) is 5.40. The highest BCUT2D eigenvalue weighted by atomic mass is 16.5. The zero-order valence-electron chi connectivity index (χ0n) is 10.2. The van der Waals surface area contributed by atoms with Gasteiger partial charge in [-0.2, -0.15) is 4.98 Å². The van der Waals surface area contributed by atoms with Gasteiger partial charge in [-0.15, -0.1) is 0 Å². The molecule has 0 radical (unpaired) electrons. The van der Waals surface area contributed by atoms with Crippen molar-refractivity contribution in [3.8, 4) is 0 Å². The largest absolute Gasteiger partial charge is 0.374 e. The van der Waals surface area contributed by atoms with Gasteiger partial charge in [0.1, 0.15) is 11.9 Å². The summed E-state index contributed by atoms with van der Waals surface area (Å²) in [4.78, 5) is 15.6. The third-order valence-corrected chi connectivity index (χ3v) is 2.19. The van der Waals surface area contributed by atoms with E-state index in [2.05, 4.69) is 10.1 Å². The Kier molecular flexibility index (Phi) is 4.61. The van der Waals surface area contributed by atoms with Crippen LogP contribution in [0.4, 0.5) is 0 Å². The van der Waals surface area contributed by atoms with Crippen LogP contribution >= 0.6 is 0 Å². The Morgan fingerprint density at radius 2 is 2.12 bits per heavy atom. The standard InChI is InChI=1S/C11H18N2O3/c1-7(2)5-9(14)6-10-12-11(13-16-10)8(3)15-4/h7-8H,5-6H2,1-4H3. The van der Waals surface area contributed by atoms with Gasteiger partial charge >= 0.3 is 0 Å². The fourth-order valence-corrected chi connectivity index (χ4v) is 1.31. The van der Waals surface area contributed by atoms with E-state index in [-0.39, 0.29) is 18.3 Å². The normalized spacial score (nSPS) is 13.1. The molecule has 0 aromatic carbocycles. The number of Topliss-reactive ketones (excluding diaryl/α,β-unsaturated/α-hetero) is 1. The Hall–Kier alpha value is -1.23. The van der Waals surface area contributed by atoms with E-state index in [1.54, 1.807) is 7.11 Å². The minimum absolute atomic E-state index is 0.121. The maximum absolute atomic E-state index is 11.5. The maximum Gasteiger partial charge on any atom is 0.234 e. The van der Waals surface area contributed by atoms with Crippen molar-refractivity contribution in [1.29, 1.82) is 0 Å². The van der Waals surface area contributed by atoms with E-state index in [9.17, 15) is 4.79 Å². The molecule has 0 N–H and O–H groups in total. The molecule has 0 aliphatic heterocycles. The van der Waals surface area contributed by atoms with E-state index < -0.39 is 0 Å². The second-order valence-corrected chi connectivity index (χ2v) is 4.24. The summed E-state index contributed by atoms with van der Waals surface area (Å²) < 4.78 is 10.0. The lowest BCUT2D eigenvalue weighted by molar-refractivity contribution is -0.119. The molecule has 5 nitrogen and oxygen atoms in total. The molecule has 0 aliphatic carbocycles. The predicted molar refractivity (Wildman–Crippen MR) is 57.9 cm³/mol. The smallest absolute Gasteiger partial charge is 0.234 e. The molecule has 1 aromatic rings. The van der Waals surface area contributed by atoms with E-state index in [0.29, 0.717) is 24.1 Å². The summed E-state index contributed by atoms with van der Waals surface area (Å²) in [6.07, 6.45) is 0.539. The number of nitrogens with zero attached hydrogens (tertiary/aromatic N) is 2. The number of hydrogen-bond acceptors (Lipinski definition) is 5. The van der Waals surface area contributed by atoms with Gasteiger partial charge in [-0.25, -0.2) is 0 Å². The summed E-state index contributed by atoms with van der Waals surface area (Å²) in [7, 11) is 1.57. The number of ether oxygens (including phenoxy) is 1. The first-order chi connectivity index (χ1) is 7.52. The summed E-state index contributed by atoms with van der Waals surface area (Å²) in [5.41, 5.74) is 0. The molecular formula is C11H18N2O3. The molecule has 1 unspecified atom stereocenters. The molecule has 5 heteroatoms. The quantitative estimate of drug-likeness (QED) is 0.741. The van der Waals surface area contributed by atoms with Gasteiger partial charge in [-0.05, 0) is 12.8 Å². The van der Waals surface area contributed by atoms with Gasteiger partial charge in [-0.1, -0.05) is 19.0 Å². The van der Waals surface area contributed by atoms with Crippen molar-refractivity contribution in [2.45, 2.75) is 39.7 Å². The van der Waals surface area contributed by atoms with E-state index in [1.165, 1.54) is 0 Å². The molecule has 16 heavy (non-hydrogen) atoms. The Balaban J connectivity index is 2.55. The average Bonchev–Trinajstić information content (AvgIpc) is 2.63. The van der Waals surface area contributed by atoms with Crippen LogP contribution in [0, 0.1) is 5.92 Å². The first kappa shape index (κ1) is 12.8. The Labute approximate surface area is 95.2 Å². The van der Waals surface area contributed by atoms with Crippen molar-refractivity contribution in [3.05, 3.63) is 11.7 Å². The predicted octanol–water partition coefficient (Wildman–Crippen LogP) is 1.93. The van der Waals surface area contributed by atoms with Gasteiger partial charge in [0.05, 0.1) is 6.42 Å². The zero-order chi connectivity index (χ0) is 12.1. The lowest BCUT2D eigenvalue weighted by atomic mass is 10.1. The minimum Gasteiger partial charge on any atom is -0.374 e. The third-order valence-electron chi connectivity index (χ3n) is 2.19. The molecule has 0 saturated heterocycles. The molecule has 0 aliphatic rings. The van der Waals surface area contributed by atoms with Crippen molar-refractivity contribution in [2.75, 3.05) is 7.11 Å². The molecule has 1 atom stereocenters. The third kappa shape index (κ3) is 3.73. The SMILES string of the molecule is COC(C)c1noc(CC(=O)CC(C)C)n1. The highest BCUT2D eigenvalue weighted by molar-refractivity contribution is 5.80. The second-order valence-electron chi connectivity index (χ2n) is 4.24. The van der Waals surface area contributed by atoms with E-state index in [0.717, 1.165) is 0 Å². The second kappa shape index (κ2) is 5.75. The fraction of sp³-hybridized carbons (Fsp3) is 0.727. The van der Waals surface area contributed by atoms with Gasteiger partial charge in [0.15, 0.2) is 5.82 Å². The van der Waals surface area contributed by atoms with E-state index in [4.69, 9.17) is 9.26 Å². The lowest BCUT2D eigenvalue weighted by Crippen LogP contribution is -2.07. The fourth-order valence-electron chi connectivity index (χ4n) is 1.31. The zero-order valence-corrected chi connectivity index (χ0v) is 10.2. The summed E-state index contributed by atoms with van der Waals surface area (Å²) in [5, 5.41) is 3.76. The van der Waals surface area contributed by atoms with Crippen LogP contribution in [0.5, 0.6) is 0 Å². The molecule has 0 spiro atoms. The van der Waals surface area contributed by atoms with E-state index >= 15 is 0 Å².